The summed E-state index contributed by atoms with van der Waals surface area (Å²) in [6, 6.07) is 14.9. The summed E-state index contributed by atoms with van der Waals surface area (Å²) >= 11 is 0. The van der Waals surface area contributed by atoms with E-state index in [-0.39, 0.29) is 18.1 Å². The Bertz CT molecular complexity index is 765. The molecule has 2 fully saturated rings. The maximum atomic E-state index is 12.4. The van der Waals surface area contributed by atoms with E-state index in [2.05, 4.69) is 39.5 Å². The molecule has 26 heavy (non-hydrogen) atoms. The minimum absolute atomic E-state index is 0.0529. The number of pyridine rings is 1. The average Bonchev–Trinajstić information content (AvgIpc) is 3.05. The van der Waals surface area contributed by atoms with Gasteiger partial charge in [0.25, 0.3) is 0 Å². The van der Waals surface area contributed by atoms with Gasteiger partial charge in [-0.05, 0) is 30.5 Å². The van der Waals surface area contributed by atoms with Crippen LogP contribution in [0.4, 0.5) is 0 Å². The minimum Gasteiger partial charge on any atom is -0.371 e. The Balaban J connectivity index is 1.32. The number of benzene rings is 1. The summed E-state index contributed by atoms with van der Waals surface area (Å²) in [6.07, 6.45) is 3.16. The number of hydrogen-bond donors (Lipinski definition) is 1. The molecule has 1 N–H and O–H groups in total. The Hall–Kier alpha value is -2.24. The topological polar surface area (TPSA) is 54.5 Å². The van der Waals surface area contributed by atoms with Crippen LogP contribution >= 0.6 is 0 Å². The molecule has 4 rings (SSSR count). The first kappa shape index (κ1) is 17.2. The molecule has 5 nitrogen and oxygen atoms in total. The molecule has 2 aromatic rings. The van der Waals surface area contributed by atoms with E-state index in [0.717, 1.165) is 37.4 Å². The maximum Gasteiger partial charge on any atom is 0.226 e. The zero-order valence-electron chi connectivity index (χ0n) is 15.1. The smallest absolute Gasteiger partial charge is 0.226 e. The van der Waals surface area contributed by atoms with Crippen LogP contribution in [0.25, 0.3) is 0 Å². The molecule has 2 saturated heterocycles. The largest absolute Gasteiger partial charge is 0.371 e. The minimum atomic E-state index is 0.0529. The van der Waals surface area contributed by atoms with Crippen molar-refractivity contribution in [3.05, 3.63) is 65.5 Å². The molecular weight excluding hydrogens is 326 g/mol. The molecule has 2 aliphatic rings. The molecule has 0 bridgehead atoms. The molecule has 136 valence electrons. The van der Waals surface area contributed by atoms with E-state index in [0.29, 0.717) is 12.5 Å². The number of aromatic nitrogens is 1. The van der Waals surface area contributed by atoms with Crippen molar-refractivity contribution in [2.45, 2.75) is 38.0 Å². The highest BCUT2D eigenvalue weighted by molar-refractivity contribution is 5.78. The van der Waals surface area contributed by atoms with Gasteiger partial charge in [-0.2, -0.15) is 0 Å². The van der Waals surface area contributed by atoms with Crippen LogP contribution in [0, 0.1) is 6.92 Å². The molecule has 2 aliphatic heterocycles. The third kappa shape index (κ3) is 3.79. The van der Waals surface area contributed by atoms with Crippen LogP contribution in [0.5, 0.6) is 0 Å². The van der Waals surface area contributed by atoms with E-state index in [1.54, 1.807) is 6.20 Å². The molecule has 0 aliphatic carbocycles. The number of rotatable bonds is 4. The van der Waals surface area contributed by atoms with Crippen LogP contribution in [-0.2, 0) is 16.0 Å². The number of ether oxygens (including phenoxy) is 1. The van der Waals surface area contributed by atoms with Gasteiger partial charge in [0.2, 0.25) is 5.91 Å². The number of fused-ring (bicyclic) bond motifs is 1. The van der Waals surface area contributed by atoms with E-state index in [1.165, 1.54) is 5.56 Å². The van der Waals surface area contributed by atoms with E-state index < -0.39 is 0 Å². The van der Waals surface area contributed by atoms with Gasteiger partial charge in [0.1, 0.15) is 0 Å². The second-order valence-electron chi connectivity index (χ2n) is 7.28. The summed E-state index contributed by atoms with van der Waals surface area (Å²) in [7, 11) is 0. The lowest BCUT2D eigenvalue weighted by Gasteiger charge is -2.35. The van der Waals surface area contributed by atoms with Crippen molar-refractivity contribution in [2.24, 2.45) is 0 Å². The Labute approximate surface area is 154 Å². The Morgan fingerprint density at radius 2 is 2.08 bits per heavy atom. The van der Waals surface area contributed by atoms with Crippen molar-refractivity contribution in [3.63, 3.8) is 0 Å². The fraction of sp³-hybridized carbons (Fsp3) is 0.429. The molecule has 0 spiro atoms. The van der Waals surface area contributed by atoms with Crippen molar-refractivity contribution in [1.29, 1.82) is 0 Å². The normalized spacial score (nSPS) is 25.7. The lowest BCUT2D eigenvalue weighted by atomic mass is 10.1. The van der Waals surface area contributed by atoms with Gasteiger partial charge in [0.15, 0.2) is 0 Å². The van der Waals surface area contributed by atoms with E-state index in [1.807, 2.05) is 25.1 Å². The summed E-state index contributed by atoms with van der Waals surface area (Å²) in [5.74, 6) is 0.0529. The van der Waals surface area contributed by atoms with Crippen molar-refractivity contribution in [1.82, 2.24) is 15.2 Å². The first-order valence-corrected chi connectivity index (χ1v) is 9.29. The first-order valence-electron chi connectivity index (χ1n) is 9.29. The second-order valence-corrected chi connectivity index (χ2v) is 7.28. The van der Waals surface area contributed by atoms with Crippen LogP contribution in [0.15, 0.2) is 48.7 Å². The molecule has 1 amide bonds. The molecule has 0 unspecified atom stereocenters. The van der Waals surface area contributed by atoms with Crippen molar-refractivity contribution in [2.75, 3.05) is 19.7 Å². The number of aryl methyl sites for hydroxylation is 1. The molecule has 1 aromatic carbocycles. The molecular formula is C21H25N3O2. The van der Waals surface area contributed by atoms with Crippen LogP contribution < -0.4 is 5.32 Å². The summed E-state index contributed by atoms with van der Waals surface area (Å²) in [5, 5.41) is 3.19. The summed E-state index contributed by atoms with van der Waals surface area (Å²) in [5.41, 5.74) is 3.14. The monoisotopic (exact) mass is 351 g/mol. The van der Waals surface area contributed by atoms with E-state index >= 15 is 0 Å². The second kappa shape index (κ2) is 7.56. The van der Waals surface area contributed by atoms with E-state index in [9.17, 15) is 4.79 Å². The van der Waals surface area contributed by atoms with Gasteiger partial charge in [0.05, 0.1) is 24.8 Å². The Morgan fingerprint density at radius 1 is 1.23 bits per heavy atom. The highest BCUT2D eigenvalue weighted by Gasteiger charge is 2.38. The van der Waals surface area contributed by atoms with Crippen LogP contribution in [0.1, 0.15) is 29.3 Å². The number of amides is 1. The van der Waals surface area contributed by atoms with Crippen LogP contribution in [0.3, 0.4) is 0 Å². The number of carbonyl (C=O) groups is 1. The summed E-state index contributed by atoms with van der Waals surface area (Å²) in [6.45, 7) is 4.50. The number of morpholine rings is 1. The predicted molar refractivity (Wildman–Crippen MR) is 99.7 cm³/mol. The highest BCUT2D eigenvalue weighted by atomic mass is 16.5. The third-order valence-corrected chi connectivity index (χ3v) is 5.40. The zero-order valence-corrected chi connectivity index (χ0v) is 15.1. The Morgan fingerprint density at radius 3 is 2.88 bits per heavy atom. The van der Waals surface area contributed by atoms with Gasteiger partial charge in [0, 0.05) is 31.4 Å². The van der Waals surface area contributed by atoms with Crippen molar-refractivity contribution >= 4 is 5.91 Å². The van der Waals surface area contributed by atoms with Crippen LogP contribution in [0.2, 0.25) is 0 Å². The number of hydrogen-bond acceptors (Lipinski definition) is 4. The quantitative estimate of drug-likeness (QED) is 0.918. The lowest BCUT2D eigenvalue weighted by Crippen LogP contribution is -2.43. The molecule has 3 atom stereocenters. The molecule has 0 saturated carbocycles. The SMILES string of the molecule is Cc1cccnc1CC(=O)N[C@@H]1C[C@H]2CO[C@@H](c3ccccc3)CN2C1. The summed E-state index contributed by atoms with van der Waals surface area (Å²) < 4.78 is 6.08. The van der Waals surface area contributed by atoms with Gasteiger partial charge in [-0.25, -0.2) is 0 Å². The first-order chi connectivity index (χ1) is 12.7. The van der Waals surface area contributed by atoms with Gasteiger partial charge in [-0.1, -0.05) is 36.4 Å². The third-order valence-electron chi connectivity index (χ3n) is 5.40. The standard InChI is InChI=1S/C21H25N3O2/c1-15-6-5-9-22-19(15)11-21(25)23-17-10-18-14-26-20(13-24(18)12-17)16-7-3-2-4-8-16/h2-9,17-18,20H,10-14H2,1H3,(H,23,25)/t17-,18+,20-/m1/s1. The summed E-state index contributed by atoms with van der Waals surface area (Å²) in [4.78, 5) is 19.2. The van der Waals surface area contributed by atoms with E-state index in [4.69, 9.17) is 4.74 Å². The van der Waals surface area contributed by atoms with Gasteiger partial charge >= 0.3 is 0 Å². The van der Waals surface area contributed by atoms with Gasteiger partial charge in [-0.15, -0.1) is 0 Å². The fourth-order valence-electron chi connectivity index (χ4n) is 3.98. The molecule has 5 heteroatoms. The maximum absolute atomic E-state index is 12.4. The Kier molecular flexibility index (Phi) is 5.00. The fourth-order valence-corrected chi connectivity index (χ4v) is 3.98. The predicted octanol–water partition coefficient (Wildman–Crippen LogP) is 2.26. The van der Waals surface area contributed by atoms with Gasteiger partial charge < -0.3 is 10.1 Å². The molecule has 1 aromatic heterocycles. The van der Waals surface area contributed by atoms with Crippen LogP contribution in [-0.4, -0.2) is 47.6 Å². The number of nitrogens with one attached hydrogen (secondary N) is 1. The van der Waals surface area contributed by atoms with Gasteiger partial charge in [-0.3, -0.25) is 14.7 Å². The van der Waals surface area contributed by atoms with Crippen molar-refractivity contribution in [3.8, 4) is 0 Å². The van der Waals surface area contributed by atoms with Crippen molar-refractivity contribution < 1.29 is 9.53 Å². The highest BCUT2D eigenvalue weighted by Crippen LogP contribution is 2.30. The zero-order chi connectivity index (χ0) is 17.9. The number of nitrogens with zero attached hydrogens (tertiary/aromatic N) is 2. The molecule has 3 heterocycles. The molecule has 0 radical (unpaired) electrons. The number of carbonyl (C=O) groups excluding carboxylic acids is 1. The average molecular weight is 351 g/mol. The lowest BCUT2D eigenvalue weighted by molar-refractivity contribution is -0.121.